The molecule has 0 atom stereocenters. The highest BCUT2D eigenvalue weighted by atomic mass is 16.1. The van der Waals surface area contributed by atoms with Gasteiger partial charge in [-0.25, -0.2) is 0 Å². The average molecular weight is 346 g/mol. The lowest BCUT2D eigenvalue weighted by Crippen LogP contribution is -2.16. The molecule has 0 saturated carbocycles. The van der Waals surface area contributed by atoms with Crippen LogP contribution >= 0.6 is 0 Å². The molecule has 2 aromatic heterocycles. The molecule has 7 nitrogen and oxygen atoms in total. The zero-order chi connectivity index (χ0) is 18.1. The van der Waals surface area contributed by atoms with Crippen molar-refractivity contribution in [3.63, 3.8) is 0 Å². The molecule has 130 valence electrons. The molecule has 1 amide bonds. The second-order valence-electron chi connectivity index (χ2n) is 6.33. The molecule has 0 saturated heterocycles. The number of nitrogens with zero attached hydrogens (tertiary/aromatic N) is 5. The first-order chi connectivity index (χ1) is 12.7. The molecule has 4 rings (SSSR count). The number of nitrogens with one attached hydrogen (secondary N) is 1. The van der Waals surface area contributed by atoms with Gasteiger partial charge in [0.25, 0.3) is 5.91 Å². The van der Waals surface area contributed by atoms with Crippen LogP contribution in [0.5, 0.6) is 0 Å². The minimum absolute atomic E-state index is 0.287. The van der Waals surface area contributed by atoms with Crippen molar-refractivity contribution in [1.29, 1.82) is 5.26 Å². The maximum absolute atomic E-state index is 12.6. The molecule has 0 radical (unpaired) electrons. The van der Waals surface area contributed by atoms with Gasteiger partial charge in [-0.1, -0.05) is 18.2 Å². The topological polar surface area (TPSA) is 88.5 Å². The average Bonchev–Trinajstić information content (AvgIpc) is 3.23. The number of aromatic nitrogens is 4. The summed E-state index contributed by atoms with van der Waals surface area (Å²) < 4.78 is 3.56. The van der Waals surface area contributed by atoms with E-state index in [1.54, 1.807) is 28.9 Å². The highest BCUT2D eigenvalue weighted by molar-refractivity contribution is 6.04. The third-order valence-electron chi connectivity index (χ3n) is 4.69. The van der Waals surface area contributed by atoms with E-state index in [2.05, 4.69) is 21.6 Å². The quantitative estimate of drug-likeness (QED) is 0.790. The third kappa shape index (κ3) is 2.65. The normalized spacial score (nSPS) is 13.1. The second kappa shape index (κ2) is 6.48. The van der Waals surface area contributed by atoms with Crippen molar-refractivity contribution in [2.75, 3.05) is 5.32 Å². The molecule has 0 spiro atoms. The minimum atomic E-state index is -0.287. The first-order valence-corrected chi connectivity index (χ1v) is 8.60. The number of aryl methyl sites for hydroxylation is 1. The van der Waals surface area contributed by atoms with Crippen LogP contribution < -0.4 is 5.32 Å². The van der Waals surface area contributed by atoms with Crippen LogP contribution in [0, 0.1) is 18.3 Å². The maximum Gasteiger partial charge on any atom is 0.256 e. The van der Waals surface area contributed by atoms with E-state index in [1.165, 1.54) is 11.9 Å². The molecule has 0 unspecified atom stereocenters. The minimum Gasteiger partial charge on any atom is -0.305 e. The van der Waals surface area contributed by atoms with Crippen molar-refractivity contribution < 1.29 is 4.79 Å². The third-order valence-corrected chi connectivity index (χ3v) is 4.69. The Bertz CT molecular complexity index is 1010. The van der Waals surface area contributed by atoms with Crippen LogP contribution in [0.15, 0.2) is 36.5 Å². The van der Waals surface area contributed by atoms with Gasteiger partial charge in [-0.3, -0.25) is 9.48 Å². The Kier molecular flexibility index (Phi) is 4.01. The number of fused-ring (bicyclic) bond motifs is 1. The van der Waals surface area contributed by atoms with Crippen molar-refractivity contribution in [3.05, 3.63) is 58.9 Å². The molecule has 0 bridgehead atoms. The van der Waals surface area contributed by atoms with Crippen LogP contribution in [0.1, 0.15) is 40.0 Å². The van der Waals surface area contributed by atoms with E-state index < -0.39 is 0 Å². The van der Waals surface area contributed by atoms with Crippen LogP contribution in [0.25, 0.3) is 5.82 Å². The van der Waals surface area contributed by atoms with Crippen molar-refractivity contribution in [1.82, 2.24) is 19.6 Å². The largest absolute Gasteiger partial charge is 0.305 e. The highest BCUT2D eigenvalue weighted by Gasteiger charge is 2.23. The van der Waals surface area contributed by atoms with Gasteiger partial charge in [-0.15, -0.1) is 0 Å². The van der Waals surface area contributed by atoms with Crippen LogP contribution in [0.3, 0.4) is 0 Å². The van der Waals surface area contributed by atoms with E-state index in [4.69, 9.17) is 0 Å². The standard InChI is InChI=1S/C19H18N6O/c1-13-16-9-5-6-10-24(16)23-17(13)25-18(15(11-20)12-21-25)22-19(26)14-7-3-2-4-8-14/h2-4,7-8,12H,5-6,9-10H2,1H3,(H,22,26). The van der Waals surface area contributed by atoms with E-state index in [9.17, 15) is 10.1 Å². The van der Waals surface area contributed by atoms with E-state index in [0.717, 1.165) is 31.4 Å². The van der Waals surface area contributed by atoms with Crippen molar-refractivity contribution >= 4 is 11.7 Å². The molecular formula is C19H18N6O. The summed E-state index contributed by atoms with van der Waals surface area (Å²) in [7, 11) is 0. The predicted molar refractivity (Wildman–Crippen MR) is 96.1 cm³/mol. The van der Waals surface area contributed by atoms with E-state index >= 15 is 0 Å². The Morgan fingerprint density at radius 2 is 2.08 bits per heavy atom. The van der Waals surface area contributed by atoms with Crippen LogP contribution in [-0.2, 0) is 13.0 Å². The number of hydrogen-bond acceptors (Lipinski definition) is 4. The first kappa shape index (κ1) is 16.1. The number of anilines is 1. The summed E-state index contributed by atoms with van der Waals surface area (Å²) in [5.41, 5.74) is 3.05. The summed E-state index contributed by atoms with van der Waals surface area (Å²) in [6, 6.07) is 11.0. The molecule has 26 heavy (non-hydrogen) atoms. The van der Waals surface area contributed by atoms with Crippen molar-refractivity contribution in [3.8, 4) is 11.9 Å². The van der Waals surface area contributed by atoms with Gasteiger partial charge in [0, 0.05) is 23.4 Å². The number of rotatable bonds is 3. The molecule has 1 N–H and O–H groups in total. The van der Waals surface area contributed by atoms with Gasteiger partial charge in [-0.05, 0) is 38.3 Å². The molecule has 3 heterocycles. The van der Waals surface area contributed by atoms with Gasteiger partial charge >= 0.3 is 0 Å². The van der Waals surface area contributed by atoms with Gasteiger partial charge in [0.15, 0.2) is 11.6 Å². The molecule has 1 aliphatic heterocycles. The van der Waals surface area contributed by atoms with Gasteiger partial charge in [-0.2, -0.15) is 20.1 Å². The number of nitriles is 1. The number of carbonyl (C=O) groups is 1. The molecule has 3 aromatic rings. The van der Waals surface area contributed by atoms with E-state index in [-0.39, 0.29) is 5.91 Å². The van der Waals surface area contributed by atoms with Gasteiger partial charge in [0.1, 0.15) is 11.6 Å². The number of hydrogen-bond donors (Lipinski definition) is 1. The Labute approximate surface area is 150 Å². The van der Waals surface area contributed by atoms with Gasteiger partial charge < -0.3 is 5.32 Å². The summed E-state index contributed by atoms with van der Waals surface area (Å²) in [4.78, 5) is 12.6. The Morgan fingerprint density at radius 1 is 1.27 bits per heavy atom. The van der Waals surface area contributed by atoms with Crippen molar-refractivity contribution in [2.45, 2.75) is 32.7 Å². The predicted octanol–water partition coefficient (Wildman–Crippen LogP) is 2.84. The summed E-state index contributed by atoms with van der Waals surface area (Å²) in [5, 5.41) is 21.2. The lowest BCUT2D eigenvalue weighted by atomic mass is 10.1. The zero-order valence-electron chi connectivity index (χ0n) is 14.4. The molecule has 1 aliphatic rings. The fraction of sp³-hybridized carbons (Fsp3) is 0.263. The summed E-state index contributed by atoms with van der Waals surface area (Å²) in [5.74, 6) is 0.720. The fourth-order valence-electron chi connectivity index (χ4n) is 3.31. The maximum atomic E-state index is 12.6. The fourth-order valence-corrected chi connectivity index (χ4v) is 3.31. The Hall–Kier alpha value is -3.40. The lowest BCUT2D eigenvalue weighted by molar-refractivity contribution is 0.102. The molecule has 0 aliphatic carbocycles. The summed E-state index contributed by atoms with van der Waals surface area (Å²) in [6.45, 7) is 2.89. The second-order valence-corrected chi connectivity index (χ2v) is 6.33. The summed E-state index contributed by atoms with van der Waals surface area (Å²) >= 11 is 0. The monoisotopic (exact) mass is 346 g/mol. The zero-order valence-corrected chi connectivity index (χ0v) is 14.4. The number of amides is 1. The van der Waals surface area contributed by atoms with Crippen LogP contribution in [-0.4, -0.2) is 25.5 Å². The van der Waals surface area contributed by atoms with E-state index in [1.807, 2.05) is 17.7 Å². The van der Waals surface area contributed by atoms with E-state index in [0.29, 0.717) is 22.8 Å². The Morgan fingerprint density at radius 3 is 2.81 bits per heavy atom. The summed E-state index contributed by atoms with van der Waals surface area (Å²) in [6.07, 6.45) is 4.69. The SMILES string of the molecule is Cc1c(-n2ncc(C#N)c2NC(=O)c2ccccc2)nn2c1CCCC2. The van der Waals surface area contributed by atoms with Crippen LogP contribution in [0.4, 0.5) is 5.82 Å². The smallest absolute Gasteiger partial charge is 0.256 e. The van der Waals surface area contributed by atoms with Crippen molar-refractivity contribution in [2.24, 2.45) is 0 Å². The molecule has 7 heteroatoms. The van der Waals surface area contributed by atoms with Gasteiger partial charge in [0.2, 0.25) is 0 Å². The molecule has 1 aromatic carbocycles. The molecule has 0 fully saturated rings. The Balaban J connectivity index is 1.75. The highest BCUT2D eigenvalue weighted by Crippen LogP contribution is 2.27. The number of benzene rings is 1. The molecular weight excluding hydrogens is 328 g/mol. The number of carbonyl (C=O) groups excluding carboxylic acids is 1. The van der Waals surface area contributed by atoms with Crippen LogP contribution in [0.2, 0.25) is 0 Å². The first-order valence-electron chi connectivity index (χ1n) is 8.60. The lowest BCUT2D eigenvalue weighted by Gasteiger charge is -2.12. The van der Waals surface area contributed by atoms with Gasteiger partial charge in [0.05, 0.1) is 6.20 Å².